The number of hydrogen-bond donors (Lipinski definition) is 1. The third-order valence-electron chi connectivity index (χ3n) is 4.83. The number of benzene rings is 1. The van der Waals surface area contributed by atoms with Gasteiger partial charge in [-0.15, -0.1) is 0 Å². The van der Waals surface area contributed by atoms with E-state index in [0.29, 0.717) is 6.42 Å². The second-order valence-electron chi connectivity index (χ2n) is 6.69. The Morgan fingerprint density at radius 2 is 2.08 bits per heavy atom. The minimum atomic E-state index is -0.857. The van der Waals surface area contributed by atoms with Crippen LogP contribution in [0.25, 0.3) is 0 Å². The number of carbonyl (C=O) groups excluding carboxylic acids is 2. The molecule has 6 nitrogen and oxygen atoms in total. The van der Waals surface area contributed by atoms with Gasteiger partial charge in [-0.2, -0.15) is 5.26 Å². The number of nitrogens with zero attached hydrogens (tertiary/aromatic N) is 2. The van der Waals surface area contributed by atoms with Gasteiger partial charge in [0, 0.05) is 19.1 Å². The lowest BCUT2D eigenvalue weighted by Crippen LogP contribution is -2.45. The van der Waals surface area contributed by atoms with Crippen LogP contribution in [0.1, 0.15) is 51.1 Å². The van der Waals surface area contributed by atoms with Crippen LogP contribution < -0.4 is 5.32 Å². The molecule has 0 aliphatic heterocycles. The number of nitrogens with one attached hydrogen (secondary N) is 1. The molecule has 0 spiro atoms. The van der Waals surface area contributed by atoms with E-state index in [1.807, 2.05) is 37.3 Å². The van der Waals surface area contributed by atoms with Gasteiger partial charge in [-0.05, 0) is 31.7 Å². The number of carbonyl (C=O) groups is 2. The van der Waals surface area contributed by atoms with Crippen LogP contribution in [-0.4, -0.2) is 30.7 Å². The standard InChI is InChI=1S/C20H25N3O3/c1-14(16-8-5-4-6-9-16)22-18-10-7-11-20(18,13-21)12-17(19(25)26-3)23-15(2)24/h4-6,8-9,14,17H,7,10-12H2,1-3H3,(H,23,24)/b22-18+/t14?,17?,20-/m1/s1. The van der Waals surface area contributed by atoms with Crippen LogP contribution in [0.2, 0.25) is 0 Å². The molecular weight excluding hydrogens is 330 g/mol. The van der Waals surface area contributed by atoms with E-state index in [-0.39, 0.29) is 18.4 Å². The number of methoxy groups -OCH3 is 1. The SMILES string of the molecule is COC(=O)C(C[C@@]1(C#N)CCC/C1=N\C(C)c1ccccc1)NC(C)=O. The van der Waals surface area contributed by atoms with Gasteiger partial charge in [0.25, 0.3) is 0 Å². The van der Waals surface area contributed by atoms with E-state index in [9.17, 15) is 14.9 Å². The van der Waals surface area contributed by atoms with Crippen LogP contribution in [0.3, 0.4) is 0 Å². The molecule has 0 radical (unpaired) electrons. The fourth-order valence-corrected chi connectivity index (χ4v) is 3.48. The zero-order chi connectivity index (χ0) is 19.2. The van der Waals surface area contributed by atoms with Crippen LogP contribution in [-0.2, 0) is 14.3 Å². The molecule has 2 unspecified atom stereocenters. The van der Waals surface area contributed by atoms with Crippen molar-refractivity contribution in [3.05, 3.63) is 35.9 Å². The third-order valence-corrected chi connectivity index (χ3v) is 4.83. The predicted molar refractivity (Wildman–Crippen MR) is 98.4 cm³/mol. The first-order chi connectivity index (χ1) is 12.4. The summed E-state index contributed by atoms with van der Waals surface area (Å²) in [6.45, 7) is 3.34. The zero-order valence-electron chi connectivity index (χ0n) is 15.5. The van der Waals surface area contributed by atoms with Crippen LogP contribution in [0.5, 0.6) is 0 Å². The highest BCUT2D eigenvalue weighted by molar-refractivity contribution is 5.95. The molecule has 1 saturated carbocycles. The van der Waals surface area contributed by atoms with Gasteiger partial charge in [0.15, 0.2) is 0 Å². The van der Waals surface area contributed by atoms with Crippen molar-refractivity contribution in [2.75, 3.05) is 7.11 Å². The van der Waals surface area contributed by atoms with Crippen molar-refractivity contribution in [1.82, 2.24) is 5.32 Å². The molecular formula is C20H25N3O3. The van der Waals surface area contributed by atoms with Crippen LogP contribution in [0, 0.1) is 16.7 Å². The summed E-state index contributed by atoms with van der Waals surface area (Å²) in [6.07, 6.45) is 2.35. The maximum atomic E-state index is 12.1. The maximum Gasteiger partial charge on any atom is 0.328 e. The van der Waals surface area contributed by atoms with Crippen LogP contribution in [0.4, 0.5) is 0 Å². The van der Waals surface area contributed by atoms with Gasteiger partial charge in [-0.3, -0.25) is 9.79 Å². The normalized spacial score (nSPS) is 23.1. The number of esters is 1. The van der Waals surface area contributed by atoms with Gasteiger partial charge < -0.3 is 10.1 Å². The number of aliphatic imine (C=N–C) groups is 1. The van der Waals surface area contributed by atoms with Crippen molar-refractivity contribution in [3.8, 4) is 6.07 Å². The van der Waals surface area contributed by atoms with Crippen molar-refractivity contribution < 1.29 is 14.3 Å². The second-order valence-corrected chi connectivity index (χ2v) is 6.69. The molecule has 1 amide bonds. The summed E-state index contributed by atoms with van der Waals surface area (Å²) in [6, 6.07) is 11.3. The smallest absolute Gasteiger partial charge is 0.328 e. The molecule has 1 fully saturated rings. The van der Waals surface area contributed by atoms with Gasteiger partial charge in [0.05, 0.1) is 24.6 Å². The second kappa shape index (κ2) is 8.61. The Labute approximate surface area is 154 Å². The minimum absolute atomic E-state index is 0.0747. The molecule has 1 aliphatic rings. The summed E-state index contributed by atoms with van der Waals surface area (Å²) in [7, 11) is 1.28. The molecule has 3 atom stereocenters. The zero-order valence-corrected chi connectivity index (χ0v) is 15.5. The highest BCUT2D eigenvalue weighted by Crippen LogP contribution is 2.41. The Balaban J connectivity index is 2.29. The molecule has 6 heteroatoms. The summed E-state index contributed by atoms with van der Waals surface area (Å²) in [5.74, 6) is -0.875. The Bertz CT molecular complexity index is 724. The molecule has 0 heterocycles. The summed E-state index contributed by atoms with van der Waals surface area (Å²) in [5, 5.41) is 12.5. The largest absolute Gasteiger partial charge is 0.467 e. The van der Waals surface area contributed by atoms with E-state index < -0.39 is 17.4 Å². The molecule has 1 aliphatic carbocycles. The minimum Gasteiger partial charge on any atom is -0.467 e. The number of rotatable bonds is 6. The highest BCUT2D eigenvalue weighted by Gasteiger charge is 2.44. The van der Waals surface area contributed by atoms with Gasteiger partial charge in [-0.1, -0.05) is 30.3 Å². The van der Waals surface area contributed by atoms with Crippen molar-refractivity contribution >= 4 is 17.6 Å². The van der Waals surface area contributed by atoms with E-state index in [4.69, 9.17) is 9.73 Å². The summed E-state index contributed by atoms with van der Waals surface area (Å²) < 4.78 is 4.80. The first-order valence-corrected chi connectivity index (χ1v) is 8.80. The third kappa shape index (κ3) is 4.48. The van der Waals surface area contributed by atoms with E-state index >= 15 is 0 Å². The van der Waals surface area contributed by atoms with Gasteiger partial charge in [-0.25, -0.2) is 4.79 Å². The average Bonchev–Trinajstić information content (AvgIpc) is 3.03. The number of hydrogen-bond acceptors (Lipinski definition) is 5. The maximum absolute atomic E-state index is 12.1. The first kappa shape index (κ1) is 19.6. The quantitative estimate of drug-likeness (QED) is 0.794. The molecule has 2 rings (SSSR count). The van der Waals surface area contributed by atoms with Crippen molar-refractivity contribution in [2.24, 2.45) is 10.4 Å². The predicted octanol–water partition coefficient (Wildman–Crippen LogP) is 2.95. The molecule has 0 bridgehead atoms. The molecule has 0 saturated heterocycles. The lowest BCUT2D eigenvalue weighted by molar-refractivity contribution is -0.145. The topological polar surface area (TPSA) is 91.6 Å². The van der Waals surface area contributed by atoms with Crippen LogP contribution >= 0.6 is 0 Å². The van der Waals surface area contributed by atoms with Crippen LogP contribution in [0.15, 0.2) is 35.3 Å². The highest BCUT2D eigenvalue weighted by atomic mass is 16.5. The lowest BCUT2D eigenvalue weighted by Gasteiger charge is -2.27. The van der Waals surface area contributed by atoms with E-state index in [1.165, 1.54) is 14.0 Å². The first-order valence-electron chi connectivity index (χ1n) is 8.80. The number of nitriles is 1. The molecule has 1 aromatic carbocycles. The Morgan fingerprint density at radius 3 is 2.65 bits per heavy atom. The van der Waals surface area contributed by atoms with Crippen molar-refractivity contribution in [1.29, 1.82) is 5.26 Å². The van der Waals surface area contributed by atoms with E-state index in [2.05, 4.69) is 11.4 Å². The number of ether oxygens (including phenoxy) is 1. The fourth-order valence-electron chi connectivity index (χ4n) is 3.48. The molecule has 1 N–H and O–H groups in total. The van der Waals surface area contributed by atoms with Gasteiger partial charge in [0.1, 0.15) is 6.04 Å². The lowest BCUT2D eigenvalue weighted by atomic mass is 9.79. The average molecular weight is 355 g/mol. The van der Waals surface area contributed by atoms with Gasteiger partial charge in [0.2, 0.25) is 5.91 Å². The Hall–Kier alpha value is -2.68. The van der Waals surface area contributed by atoms with E-state index in [1.54, 1.807) is 0 Å². The van der Waals surface area contributed by atoms with Crippen molar-refractivity contribution in [2.45, 2.75) is 51.6 Å². The molecule has 0 aromatic heterocycles. The fraction of sp³-hybridized carbons (Fsp3) is 0.500. The summed E-state index contributed by atoms with van der Waals surface area (Å²) in [5.41, 5.74) is 1.02. The molecule has 138 valence electrons. The Morgan fingerprint density at radius 1 is 1.38 bits per heavy atom. The summed E-state index contributed by atoms with van der Waals surface area (Å²) >= 11 is 0. The van der Waals surface area contributed by atoms with E-state index in [0.717, 1.165) is 24.1 Å². The van der Waals surface area contributed by atoms with Crippen molar-refractivity contribution in [3.63, 3.8) is 0 Å². The monoisotopic (exact) mass is 355 g/mol. The molecule has 26 heavy (non-hydrogen) atoms. The number of amides is 1. The Kier molecular flexibility index (Phi) is 6.51. The molecule has 1 aromatic rings. The summed E-state index contributed by atoms with van der Waals surface area (Å²) in [4.78, 5) is 28.3. The van der Waals surface area contributed by atoms with Gasteiger partial charge >= 0.3 is 5.97 Å².